The van der Waals surface area contributed by atoms with E-state index in [4.69, 9.17) is 16.3 Å². The number of hydrogen-bond acceptors (Lipinski definition) is 6. The zero-order valence-corrected chi connectivity index (χ0v) is 14.8. The van der Waals surface area contributed by atoms with Gasteiger partial charge in [-0.1, -0.05) is 17.7 Å². The van der Waals surface area contributed by atoms with Crippen molar-refractivity contribution in [2.24, 2.45) is 5.10 Å². The molecule has 3 aromatic rings. The molecule has 0 aliphatic heterocycles. The maximum Gasteiger partial charge on any atom is 0.196 e. The van der Waals surface area contributed by atoms with Crippen molar-refractivity contribution in [2.45, 2.75) is 0 Å². The van der Waals surface area contributed by atoms with Gasteiger partial charge < -0.3 is 4.74 Å². The van der Waals surface area contributed by atoms with Gasteiger partial charge in [0.15, 0.2) is 10.7 Å². The summed E-state index contributed by atoms with van der Waals surface area (Å²) in [5, 5.41) is 16.5. The van der Waals surface area contributed by atoms with Gasteiger partial charge in [-0.25, -0.2) is 4.98 Å². The summed E-state index contributed by atoms with van der Waals surface area (Å²) in [4.78, 5) is 4.50. The maximum absolute atomic E-state index is 9.36. The standard InChI is InChI=1S/C18H13ClN4OS/c1-24-15-7-5-12(6-8-15)17-11-25-18(21-17)16(10-20)23-22-14-4-2-3-13(19)9-14/h2-9,11,22H,1H3/b23-16+. The first-order valence-electron chi connectivity index (χ1n) is 7.29. The van der Waals surface area contributed by atoms with Gasteiger partial charge >= 0.3 is 0 Å². The van der Waals surface area contributed by atoms with Crippen LogP contribution in [0.5, 0.6) is 5.75 Å². The number of hydrogen-bond donors (Lipinski definition) is 1. The van der Waals surface area contributed by atoms with Crippen LogP contribution in [-0.4, -0.2) is 17.8 Å². The molecule has 0 saturated heterocycles. The Morgan fingerprint density at radius 1 is 1.28 bits per heavy atom. The number of nitriles is 1. The van der Waals surface area contributed by atoms with Crippen molar-refractivity contribution in [3.05, 3.63) is 63.9 Å². The summed E-state index contributed by atoms with van der Waals surface area (Å²) < 4.78 is 5.15. The molecule has 3 rings (SSSR count). The molecule has 0 amide bonds. The molecule has 1 heterocycles. The van der Waals surface area contributed by atoms with E-state index in [0.29, 0.717) is 15.7 Å². The fourth-order valence-electron chi connectivity index (χ4n) is 2.08. The Bertz CT molecular complexity index is 944. The number of thiazole rings is 1. The van der Waals surface area contributed by atoms with Gasteiger partial charge in [-0.05, 0) is 42.5 Å². The van der Waals surface area contributed by atoms with Crippen molar-refractivity contribution in [3.63, 3.8) is 0 Å². The fourth-order valence-corrected chi connectivity index (χ4v) is 3.03. The second-order valence-corrected chi connectivity index (χ2v) is 6.26. The number of hydrazone groups is 1. The highest BCUT2D eigenvalue weighted by Crippen LogP contribution is 2.24. The van der Waals surface area contributed by atoms with Gasteiger partial charge in [-0.3, -0.25) is 5.43 Å². The van der Waals surface area contributed by atoms with Crippen molar-refractivity contribution in [3.8, 4) is 23.1 Å². The van der Waals surface area contributed by atoms with E-state index < -0.39 is 0 Å². The van der Waals surface area contributed by atoms with Crippen LogP contribution in [-0.2, 0) is 0 Å². The minimum Gasteiger partial charge on any atom is -0.497 e. The van der Waals surface area contributed by atoms with Gasteiger partial charge in [-0.2, -0.15) is 10.4 Å². The quantitative estimate of drug-likeness (QED) is 0.518. The van der Waals surface area contributed by atoms with E-state index in [1.807, 2.05) is 35.7 Å². The minimum atomic E-state index is 0.213. The molecule has 0 aliphatic carbocycles. The number of benzene rings is 2. The van der Waals surface area contributed by atoms with Crippen LogP contribution in [0.1, 0.15) is 5.01 Å². The molecule has 0 aliphatic rings. The molecule has 1 aromatic heterocycles. The molecule has 0 radical (unpaired) electrons. The number of methoxy groups -OCH3 is 1. The number of nitrogens with zero attached hydrogens (tertiary/aromatic N) is 3. The molecule has 0 saturated carbocycles. The van der Waals surface area contributed by atoms with Gasteiger partial charge in [0, 0.05) is 16.0 Å². The lowest BCUT2D eigenvalue weighted by molar-refractivity contribution is 0.415. The predicted octanol–water partition coefficient (Wildman–Crippen LogP) is 4.81. The summed E-state index contributed by atoms with van der Waals surface area (Å²) >= 11 is 7.29. The zero-order chi connectivity index (χ0) is 17.6. The number of anilines is 1. The topological polar surface area (TPSA) is 70.3 Å². The first-order chi connectivity index (χ1) is 12.2. The van der Waals surface area contributed by atoms with Gasteiger partial charge in [-0.15, -0.1) is 11.3 Å². The SMILES string of the molecule is COc1ccc(-c2csc(/C(C#N)=N/Nc3cccc(Cl)c3)n2)cc1. The van der Waals surface area contributed by atoms with Crippen LogP contribution in [0.4, 0.5) is 5.69 Å². The molecule has 124 valence electrons. The molecule has 25 heavy (non-hydrogen) atoms. The van der Waals surface area contributed by atoms with E-state index in [9.17, 15) is 5.26 Å². The highest BCUT2D eigenvalue weighted by Gasteiger charge is 2.10. The van der Waals surface area contributed by atoms with Gasteiger partial charge in [0.25, 0.3) is 0 Å². The zero-order valence-electron chi connectivity index (χ0n) is 13.2. The second-order valence-electron chi connectivity index (χ2n) is 4.96. The molecular weight excluding hydrogens is 356 g/mol. The average molecular weight is 369 g/mol. The Kier molecular flexibility index (Phi) is 5.29. The van der Waals surface area contributed by atoms with E-state index in [1.165, 1.54) is 11.3 Å². The van der Waals surface area contributed by atoms with E-state index in [0.717, 1.165) is 17.0 Å². The van der Waals surface area contributed by atoms with Crippen LogP contribution in [0, 0.1) is 11.3 Å². The summed E-state index contributed by atoms with van der Waals surface area (Å²) in [6.07, 6.45) is 0. The molecule has 0 atom stereocenters. The van der Waals surface area contributed by atoms with Crippen molar-refractivity contribution < 1.29 is 4.74 Å². The molecule has 0 fully saturated rings. The number of halogens is 1. The molecule has 2 aromatic carbocycles. The van der Waals surface area contributed by atoms with Gasteiger partial charge in [0.05, 0.1) is 18.5 Å². The Morgan fingerprint density at radius 3 is 2.76 bits per heavy atom. The van der Waals surface area contributed by atoms with Gasteiger partial charge in [0.1, 0.15) is 11.8 Å². The fraction of sp³-hybridized carbons (Fsp3) is 0.0556. The molecule has 7 heteroatoms. The Balaban J connectivity index is 1.81. The lowest BCUT2D eigenvalue weighted by Crippen LogP contribution is -2.01. The minimum absolute atomic E-state index is 0.213. The number of aromatic nitrogens is 1. The third kappa shape index (κ3) is 4.15. The Hall–Kier alpha value is -2.88. The van der Waals surface area contributed by atoms with Crippen molar-refractivity contribution in [2.75, 3.05) is 12.5 Å². The molecule has 0 unspecified atom stereocenters. The number of ether oxygens (including phenoxy) is 1. The van der Waals surface area contributed by atoms with Crippen LogP contribution >= 0.6 is 22.9 Å². The van der Waals surface area contributed by atoms with Crippen molar-refractivity contribution in [1.82, 2.24) is 4.98 Å². The normalized spacial score (nSPS) is 11.0. The molecule has 1 N–H and O–H groups in total. The van der Waals surface area contributed by atoms with E-state index in [-0.39, 0.29) is 5.71 Å². The summed E-state index contributed by atoms with van der Waals surface area (Å²) in [5.74, 6) is 0.782. The van der Waals surface area contributed by atoms with E-state index in [2.05, 4.69) is 21.6 Å². The van der Waals surface area contributed by atoms with Crippen LogP contribution < -0.4 is 10.2 Å². The predicted molar refractivity (Wildman–Crippen MR) is 101 cm³/mol. The highest BCUT2D eigenvalue weighted by atomic mass is 35.5. The van der Waals surface area contributed by atoms with Crippen LogP contribution in [0.15, 0.2) is 59.0 Å². The van der Waals surface area contributed by atoms with Crippen LogP contribution in [0.3, 0.4) is 0 Å². The van der Waals surface area contributed by atoms with E-state index >= 15 is 0 Å². The number of rotatable bonds is 5. The third-order valence-corrected chi connectivity index (χ3v) is 4.40. The van der Waals surface area contributed by atoms with Gasteiger partial charge in [0.2, 0.25) is 0 Å². The first kappa shape index (κ1) is 17.0. The molecular formula is C18H13ClN4OS. The summed E-state index contributed by atoms with van der Waals surface area (Å²) in [7, 11) is 1.62. The summed E-state index contributed by atoms with van der Waals surface area (Å²) in [6.45, 7) is 0. The molecule has 5 nitrogen and oxygen atoms in total. The van der Waals surface area contributed by atoms with Crippen molar-refractivity contribution in [1.29, 1.82) is 5.26 Å². The molecule has 0 spiro atoms. The first-order valence-corrected chi connectivity index (χ1v) is 8.55. The average Bonchev–Trinajstić information content (AvgIpc) is 3.12. The Labute approximate surface area is 154 Å². The highest BCUT2D eigenvalue weighted by molar-refractivity contribution is 7.12. The summed E-state index contributed by atoms with van der Waals surface area (Å²) in [5.41, 5.74) is 5.48. The lowest BCUT2D eigenvalue weighted by atomic mass is 10.2. The largest absolute Gasteiger partial charge is 0.497 e. The molecule has 0 bridgehead atoms. The van der Waals surface area contributed by atoms with Crippen LogP contribution in [0.25, 0.3) is 11.3 Å². The monoisotopic (exact) mass is 368 g/mol. The summed E-state index contributed by atoms with van der Waals surface area (Å²) in [6, 6.07) is 16.8. The number of nitrogens with one attached hydrogen (secondary N) is 1. The van der Waals surface area contributed by atoms with E-state index in [1.54, 1.807) is 25.3 Å². The lowest BCUT2D eigenvalue weighted by Gasteiger charge is -2.01. The van der Waals surface area contributed by atoms with Crippen molar-refractivity contribution >= 4 is 34.3 Å². The third-order valence-electron chi connectivity index (χ3n) is 3.32. The Morgan fingerprint density at radius 2 is 2.08 bits per heavy atom. The second kappa shape index (κ2) is 7.79. The smallest absolute Gasteiger partial charge is 0.196 e. The van der Waals surface area contributed by atoms with Crippen LogP contribution in [0.2, 0.25) is 5.02 Å². The maximum atomic E-state index is 9.36.